The summed E-state index contributed by atoms with van der Waals surface area (Å²) in [4.78, 5) is 11.1. The molecule has 0 bridgehead atoms. The molecule has 0 atom stereocenters. The average molecular weight is 488 g/mol. The first-order chi connectivity index (χ1) is 16.4. The van der Waals surface area contributed by atoms with Crippen LogP contribution < -0.4 is 9.47 Å². The maximum absolute atomic E-state index is 14.0. The molecule has 3 aromatic carbocycles. The Morgan fingerprint density at radius 3 is 2.56 bits per heavy atom. The van der Waals surface area contributed by atoms with Crippen molar-refractivity contribution in [2.24, 2.45) is 0 Å². The largest absolute Gasteiger partial charge is 0.511 e. The summed E-state index contributed by atoms with van der Waals surface area (Å²) in [7, 11) is 0. The molecule has 9 heteroatoms. The summed E-state index contributed by atoms with van der Waals surface area (Å²) in [6.45, 7) is 0.0507. The van der Waals surface area contributed by atoms with E-state index in [-0.39, 0.29) is 24.5 Å². The number of hydrogen-bond donors (Lipinski definition) is 2. The maximum atomic E-state index is 14.0. The highest BCUT2D eigenvalue weighted by molar-refractivity contribution is 6.30. The smallest absolute Gasteiger partial charge is 0.488 e. The summed E-state index contributed by atoms with van der Waals surface area (Å²) in [5.74, 6) is -0.748. The standard InChI is InChI=1S/C25H20ClF2NO5/c26-18-5-7-22(33-14-16-4-6-19(27)11-20(16)28)17(10-18)13-29-12-15(8-9-30)24-21(29)2-1-3-23(24)34-25(31)32/h1-7,10-12,30H,8-9,13-14H2,(H,31,32). The van der Waals surface area contributed by atoms with E-state index in [4.69, 9.17) is 26.2 Å². The van der Waals surface area contributed by atoms with Crippen molar-refractivity contribution in [3.63, 3.8) is 0 Å². The van der Waals surface area contributed by atoms with Gasteiger partial charge in [-0.25, -0.2) is 13.6 Å². The summed E-state index contributed by atoms with van der Waals surface area (Å²) in [5, 5.41) is 19.6. The van der Waals surface area contributed by atoms with E-state index < -0.39 is 17.8 Å². The molecule has 0 fully saturated rings. The zero-order valence-electron chi connectivity index (χ0n) is 17.8. The van der Waals surface area contributed by atoms with Gasteiger partial charge in [-0.05, 0) is 54.4 Å². The monoisotopic (exact) mass is 487 g/mol. The Morgan fingerprint density at radius 2 is 1.82 bits per heavy atom. The number of nitrogens with zero attached hydrogens (tertiary/aromatic N) is 1. The Kier molecular flexibility index (Phi) is 7.00. The van der Waals surface area contributed by atoms with Crippen molar-refractivity contribution in [3.8, 4) is 11.5 Å². The van der Waals surface area contributed by atoms with Gasteiger partial charge in [-0.15, -0.1) is 0 Å². The van der Waals surface area contributed by atoms with Crippen molar-refractivity contribution >= 4 is 28.7 Å². The molecule has 0 saturated heterocycles. The molecule has 2 N–H and O–H groups in total. The summed E-state index contributed by atoms with van der Waals surface area (Å²) in [5.41, 5.74) is 2.30. The minimum atomic E-state index is -1.44. The summed E-state index contributed by atoms with van der Waals surface area (Å²) < 4.78 is 39.9. The lowest BCUT2D eigenvalue weighted by molar-refractivity contribution is 0.145. The zero-order valence-corrected chi connectivity index (χ0v) is 18.6. The summed E-state index contributed by atoms with van der Waals surface area (Å²) in [6.07, 6.45) is 0.667. The number of halogens is 3. The van der Waals surface area contributed by atoms with Crippen LogP contribution in [-0.4, -0.2) is 27.5 Å². The van der Waals surface area contributed by atoms with Gasteiger partial charge in [-0.2, -0.15) is 0 Å². The van der Waals surface area contributed by atoms with Crippen LogP contribution in [0.4, 0.5) is 13.6 Å². The van der Waals surface area contributed by atoms with Gasteiger partial charge in [-0.1, -0.05) is 17.7 Å². The van der Waals surface area contributed by atoms with Crippen molar-refractivity contribution in [3.05, 3.63) is 94.1 Å². The predicted molar refractivity (Wildman–Crippen MR) is 123 cm³/mol. The Morgan fingerprint density at radius 1 is 1.00 bits per heavy atom. The Balaban J connectivity index is 1.69. The number of aliphatic hydroxyl groups excluding tert-OH is 1. The van der Waals surface area contributed by atoms with E-state index in [1.165, 1.54) is 6.07 Å². The lowest BCUT2D eigenvalue weighted by atomic mass is 10.1. The molecule has 0 unspecified atom stereocenters. The van der Waals surface area contributed by atoms with Crippen LogP contribution in [0.15, 0.2) is 60.8 Å². The van der Waals surface area contributed by atoms with Crippen LogP contribution in [0, 0.1) is 11.6 Å². The van der Waals surface area contributed by atoms with Crippen molar-refractivity contribution in [1.29, 1.82) is 0 Å². The highest BCUT2D eigenvalue weighted by Gasteiger charge is 2.17. The van der Waals surface area contributed by atoms with Crippen LogP contribution in [0.2, 0.25) is 5.02 Å². The quantitative estimate of drug-likeness (QED) is 0.243. The summed E-state index contributed by atoms with van der Waals surface area (Å²) >= 11 is 6.21. The van der Waals surface area contributed by atoms with Gasteiger partial charge >= 0.3 is 6.16 Å². The number of carbonyl (C=O) groups is 1. The molecule has 0 radical (unpaired) electrons. The molecule has 1 heterocycles. The van der Waals surface area contributed by atoms with Crippen LogP contribution in [0.25, 0.3) is 10.9 Å². The third-order valence-corrected chi connectivity index (χ3v) is 5.52. The molecule has 0 spiro atoms. The van der Waals surface area contributed by atoms with Gasteiger partial charge in [-0.3, -0.25) is 0 Å². The first kappa shape index (κ1) is 23.5. The molecular weight excluding hydrogens is 468 g/mol. The highest BCUT2D eigenvalue weighted by Crippen LogP contribution is 2.33. The Hall–Kier alpha value is -3.62. The van der Waals surface area contributed by atoms with E-state index >= 15 is 0 Å². The topological polar surface area (TPSA) is 80.9 Å². The van der Waals surface area contributed by atoms with Gasteiger partial charge in [0, 0.05) is 40.4 Å². The molecule has 0 aliphatic heterocycles. The van der Waals surface area contributed by atoms with Gasteiger partial charge in [0.2, 0.25) is 0 Å². The maximum Gasteiger partial charge on any atom is 0.511 e. The third kappa shape index (κ3) is 5.13. The van der Waals surface area contributed by atoms with Crippen molar-refractivity contribution in [2.45, 2.75) is 19.6 Å². The summed E-state index contributed by atoms with van der Waals surface area (Å²) in [6, 6.07) is 13.3. The molecule has 176 valence electrons. The minimum Gasteiger partial charge on any atom is -0.488 e. The Labute approximate surface area is 198 Å². The zero-order chi connectivity index (χ0) is 24.2. The van der Waals surface area contributed by atoms with Crippen molar-refractivity contribution < 1.29 is 33.3 Å². The van der Waals surface area contributed by atoms with E-state index in [1.54, 1.807) is 36.5 Å². The second-order valence-corrected chi connectivity index (χ2v) is 7.99. The van der Waals surface area contributed by atoms with Gasteiger partial charge < -0.3 is 24.3 Å². The number of rotatable bonds is 8. The van der Waals surface area contributed by atoms with Crippen LogP contribution in [0.3, 0.4) is 0 Å². The predicted octanol–water partition coefficient (Wildman–Crippen LogP) is 5.79. The van der Waals surface area contributed by atoms with E-state index in [1.807, 2.05) is 10.6 Å². The van der Waals surface area contributed by atoms with E-state index in [0.29, 0.717) is 45.8 Å². The highest BCUT2D eigenvalue weighted by atomic mass is 35.5. The second kappa shape index (κ2) is 10.1. The van der Waals surface area contributed by atoms with Crippen LogP contribution in [-0.2, 0) is 19.6 Å². The van der Waals surface area contributed by atoms with Gasteiger partial charge in [0.1, 0.15) is 29.7 Å². The van der Waals surface area contributed by atoms with Gasteiger partial charge in [0.05, 0.1) is 12.1 Å². The fraction of sp³-hybridized carbons (Fsp3) is 0.160. The fourth-order valence-electron chi connectivity index (χ4n) is 3.81. The Bertz CT molecular complexity index is 1350. The number of fused-ring (bicyclic) bond motifs is 1. The lowest BCUT2D eigenvalue weighted by Gasteiger charge is -2.14. The number of carboxylic acid groups (broad SMARTS) is 1. The number of ether oxygens (including phenoxy) is 2. The second-order valence-electron chi connectivity index (χ2n) is 7.55. The number of hydrogen-bond acceptors (Lipinski definition) is 4. The minimum absolute atomic E-state index is 0.112. The van der Waals surface area contributed by atoms with Gasteiger partial charge in [0.25, 0.3) is 0 Å². The SMILES string of the molecule is O=C(O)Oc1cccc2c1c(CCO)cn2Cc1cc(Cl)ccc1OCc1ccc(F)cc1F. The molecule has 1 aromatic heterocycles. The molecule has 0 amide bonds. The van der Waals surface area contributed by atoms with Gasteiger partial charge in [0.15, 0.2) is 0 Å². The molecule has 4 rings (SSSR count). The van der Waals surface area contributed by atoms with Crippen LogP contribution >= 0.6 is 11.6 Å². The first-order valence-electron chi connectivity index (χ1n) is 10.3. The van der Waals surface area contributed by atoms with Crippen LogP contribution in [0.1, 0.15) is 16.7 Å². The van der Waals surface area contributed by atoms with Crippen molar-refractivity contribution in [1.82, 2.24) is 4.57 Å². The molecule has 0 aliphatic rings. The fourth-order valence-corrected chi connectivity index (χ4v) is 4.01. The lowest BCUT2D eigenvalue weighted by Crippen LogP contribution is -2.05. The number of aliphatic hydroxyl groups is 1. The van der Waals surface area contributed by atoms with Crippen LogP contribution in [0.5, 0.6) is 11.5 Å². The molecule has 0 aliphatic carbocycles. The third-order valence-electron chi connectivity index (χ3n) is 5.29. The van der Waals surface area contributed by atoms with E-state index in [0.717, 1.165) is 12.1 Å². The first-order valence-corrected chi connectivity index (χ1v) is 10.7. The number of aromatic nitrogens is 1. The molecular formula is C25H20ClF2NO5. The van der Waals surface area contributed by atoms with E-state index in [9.17, 15) is 18.7 Å². The number of benzene rings is 3. The molecule has 4 aromatic rings. The van der Waals surface area contributed by atoms with Crippen molar-refractivity contribution in [2.75, 3.05) is 6.61 Å². The average Bonchev–Trinajstić information content (AvgIpc) is 3.12. The normalized spacial score (nSPS) is 11.1. The molecule has 0 saturated carbocycles. The molecule has 6 nitrogen and oxygen atoms in total. The van der Waals surface area contributed by atoms with E-state index in [2.05, 4.69) is 0 Å². The molecule has 34 heavy (non-hydrogen) atoms.